The highest BCUT2D eigenvalue weighted by molar-refractivity contribution is 5.79. The fraction of sp³-hybridized carbons (Fsp3) is 0.333. The molecule has 4 nitrogen and oxygen atoms in total. The minimum atomic E-state index is 0.402. The van der Waals surface area contributed by atoms with Gasteiger partial charge in [-0.1, -0.05) is 48.9 Å². The van der Waals surface area contributed by atoms with Gasteiger partial charge < -0.3 is 10.6 Å². The van der Waals surface area contributed by atoms with Crippen LogP contribution in [0.3, 0.4) is 0 Å². The Morgan fingerprint density at radius 2 is 1.92 bits per heavy atom. The van der Waals surface area contributed by atoms with E-state index in [1.807, 2.05) is 24.3 Å². The number of hydrogen-bond donors (Lipinski definition) is 2. The van der Waals surface area contributed by atoms with E-state index < -0.39 is 0 Å². The number of nitrogens with one attached hydrogen (secondary N) is 2. The molecule has 0 saturated heterocycles. The third-order valence-electron chi connectivity index (χ3n) is 4.03. The average molecular weight is 334 g/mol. The lowest BCUT2D eigenvalue weighted by molar-refractivity contribution is 0.699. The second kappa shape index (κ2) is 9.48. The Morgan fingerprint density at radius 3 is 2.56 bits per heavy atom. The Bertz CT molecular complexity index is 741. The second-order valence-electron chi connectivity index (χ2n) is 6.20. The fourth-order valence-corrected chi connectivity index (χ4v) is 2.54. The van der Waals surface area contributed by atoms with Crippen LogP contribution in [0, 0.1) is 18.3 Å². The van der Waals surface area contributed by atoms with Gasteiger partial charge in [0.2, 0.25) is 0 Å². The fourth-order valence-electron chi connectivity index (χ4n) is 2.54. The first-order valence-electron chi connectivity index (χ1n) is 8.70. The summed E-state index contributed by atoms with van der Waals surface area (Å²) in [6.45, 7) is 8.61. The molecule has 0 aliphatic rings. The van der Waals surface area contributed by atoms with Crippen LogP contribution in [0.25, 0.3) is 0 Å². The normalized spacial score (nSPS) is 12.3. The van der Waals surface area contributed by atoms with Crippen molar-refractivity contribution >= 4 is 5.96 Å². The molecule has 130 valence electrons. The SMILES string of the molecule is CCNC(=NCc1ccc(C#N)cc1)NCC(C)c1cccc(C)c1. The van der Waals surface area contributed by atoms with E-state index >= 15 is 0 Å². The zero-order valence-corrected chi connectivity index (χ0v) is 15.2. The zero-order valence-electron chi connectivity index (χ0n) is 15.2. The molecular weight excluding hydrogens is 308 g/mol. The molecule has 0 amide bonds. The first-order valence-corrected chi connectivity index (χ1v) is 8.70. The molecule has 1 unspecified atom stereocenters. The van der Waals surface area contributed by atoms with E-state index in [-0.39, 0.29) is 0 Å². The summed E-state index contributed by atoms with van der Waals surface area (Å²) >= 11 is 0. The van der Waals surface area contributed by atoms with Crippen LogP contribution in [0.15, 0.2) is 53.5 Å². The molecule has 0 aliphatic carbocycles. The van der Waals surface area contributed by atoms with Gasteiger partial charge in [-0.3, -0.25) is 0 Å². The van der Waals surface area contributed by atoms with Gasteiger partial charge >= 0.3 is 0 Å². The molecule has 25 heavy (non-hydrogen) atoms. The molecule has 2 rings (SSSR count). The zero-order chi connectivity index (χ0) is 18.1. The average Bonchev–Trinajstić information content (AvgIpc) is 2.64. The van der Waals surface area contributed by atoms with Gasteiger partial charge in [0.25, 0.3) is 0 Å². The van der Waals surface area contributed by atoms with Gasteiger partial charge in [-0.15, -0.1) is 0 Å². The Balaban J connectivity index is 1.96. The van der Waals surface area contributed by atoms with E-state index in [0.29, 0.717) is 18.0 Å². The summed E-state index contributed by atoms with van der Waals surface area (Å²) in [5, 5.41) is 15.5. The molecule has 2 aromatic carbocycles. The Hall–Kier alpha value is -2.80. The summed E-state index contributed by atoms with van der Waals surface area (Å²) in [5.41, 5.74) is 4.37. The minimum Gasteiger partial charge on any atom is -0.357 e. The van der Waals surface area contributed by atoms with Crippen molar-refractivity contribution in [2.45, 2.75) is 33.2 Å². The summed E-state index contributed by atoms with van der Waals surface area (Å²) < 4.78 is 0. The lowest BCUT2D eigenvalue weighted by Gasteiger charge is -2.16. The molecule has 0 heterocycles. The highest BCUT2D eigenvalue weighted by Crippen LogP contribution is 2.15. The Morgan fingerprint density at radius 1 is 1.16 bits per heavy atom. The number of nitriles is 1. The molecule has 0 saturated carbocycles. The van der Waals surface area contributed by atoms with E-state index in [0.717, 1.165) is 24.6 Å². The summed E-state index contributed by atoms with van der Waals surface area (Å²) in [5.74, 6) is 1.21. The van der Waals surface area contributed by atoms with Gasteiger partial charge in [0.15, 0.2) is 5.96 Å². The van der Waals surface area contributed by atoms with Crippen molar-refractivity contribution in [3.05, 3.63) is 70.8 Å². The lowest BCUT2D eigenvalue weighted by Crippen LogP contribution is -2.39. The molecular formula is C21H26N4. The van der Waals surface area contributed by atoms with Gasteiger partial charge in [0.05, 0.1) is 18.2 Å². The van der Waals surface area contributed by atoms with Crippen LogP contribution in [-0.4, -0.2) is 19.0 Å². The molecule has 0 bridgehead atoms. The number of hydrogen-bond acceptors (Lipinski definition) is 2. The smallest absolute Gasteiger partial charge is 0.191 e. The quantitative estimate of drug-likeness (QED) is 0.625. The van der Waals surface area contributed by atoms with Crippen LogP contribution in [-0.2, 0) is 6.54 Å². The van der Waals surface area contributed by atoms with Crippen LogP contribution >= 0.6 is 0 Å². The molecule has 0 radical (unpaired) electrons. The molecule has 0 aliphatic heterocycles. The molecule has 1 atom stereocenters. The Labute approximate surface area is 150 Å². The van der Waals surface area contributed by atoms with E-state index in [1.165, 1.54) is 11.1 Å². The van der Waals surface area contributed by atoms with Gasteiger partial charge in [-0.05, 0) is 43.0 Å². The Kier molecular flexibility index (Phi) is 7.03. The van der Waals surface area contributed by atoms with Gasteiger partial charge in [0.1, 0.15) is 0 Å². The van der Waals surface area contributed by atoms with Crippen LogP contribution < -0.4 is 10.6 Å². The monoisotopic (exact) mass is 334 g/mol. The maximum Gasteiger partial charge on any atom is 0.191 e. The largest absolute Gasteiger partial charge is 0.357 e. The van der Waals surface area contributed by atoms with Crippen molar-refractivity contribution in [1.29, 1.82) is 5.26 Å². The first kappa shape index (κ1) is 18.5. The number of rotatable bonds is 6. The number of aryl methyl sites for hydroxylation is 1. The van der Waals surface area contributed by atoms with Crippen LogP contribution in [0.1, 0.15) is 42.0 Å². The summed E-state index contributed by atoms with van der Waals surface area (Å²) in [7, 11) is 0. The molecule has 2 N–H and O–H groups in total. The van der Waals surface area contributed by atoms with Gasteiger partial charge in [-0.2, -0.15) is 5.26 Å². The molecule has 0 fully saturated rings. The number of guanidine groups is 1. The molecule has 0 aromatic heterocycles. The van der Waals surface area contributed by atoms with E-state index in [4.69, 9.17) is 5.26 Å². The third-order valence-corrected chi connectivity index (χ3v) is 4.03. The molecule has 0 spiro atoms. The maximum atomic E-state index is 8.85. The highest BCUT2D eigenvalue weighted by atomic mass is 15.2. The number of aliphatic imine (C=N–C) groups is 1. The standard InChI is InChI=1S/C21H26N4/c1-4-23-21(25-15-19-10-8-18(13-22)9-11-19)24-14-17(3)20-7-5-6-16(2)12-20/h5-12,17H,4,14-15H2,1-3H3,(H2,23,24,25). The summed E-state index contributed by atoms with van der Waals surface area (Å²) in [6, 6.07) is 18.3. The molecule has 2 aromatic rings. The highest BCUT2D eigenvalue weighted by Gasteiger charge is 2.07. The third kappa shape index (κ3) is 5.96. The van der Waals surface area contributed by atoms with Crippen molar-refractivity contribution in [2.24, 2.45) is 4.99 Å². The lowest BCUT2D eigenvalue weighted by atomic mass is 9.99. The topological polar surface area (TPSA) is 60.2 Å². The van der Waals surface area contributed by atoms with E-state index in [1.54, 1.807) is 0 Å². The van der Waals surface area contributed by atoms with Crippen molar-refractivity contribution < 1.29 is 0 Å². The van der Waals surface area contributed by atoms with Crippen LogP contribution in [0.5, 0.6) is 0 Å². The predicted molar refractivity (Wildman–Crippen MR) is 104 cm³/mol. The van der Waals surface area contributed by atoms with Gasteiger partial charge in [-0.25, -0.2) is 4.99 Å². The maximum absolute atomic E-state index is 8.85. The first-order chi connectivity index (χ1) is 12.1. The van der Waals surface area contributed by atoms with E-state index in [2.05, 4.69) is 66.7 Å². The van der Waals surface area contributed by atoms with E-state index in [9.17, 15) is 0 Å². The van der Waals surface area contributed by atoms with Crippen LogP contribution in [0.4, 0.5) is 0 Å². The number of nitrogens with zero attached hydrogens (tertiary/aromatic N) is 2. The van der Waals surface area contributed by atoms with Crippen molar-refractivity contribution in [2.75, 3.05) is 13.1 Å². The van der Waals surface area contributed by atoms with Gasteiger partial charge in [0, 0.05) is 13.1 Å². The molecule has 4 heteroatoms. The van der Waals surface area contributed by atoms with Crippen LogP contribution in [0.2, 0.25) is 0 Å². The number of benzene rings is 2. The summed E-state index contributed by atoms with van der Waals surface area (Å²) in [4.78, 5) is 4.63. The summed E-state index contributed by atoms with van der Waals surface area (Å²) in [6.07, 6.45) is 0. The minimum absolute atomic E-state index is 0.402. The predicted octanol–water partition coefficient (Wildman–Crippen LogP) is 3.73. The van der Waals surface area contributed by atoms with Crippen molar-refractivity contribution in [1.82, 2.24) is 10.6 Å². The van der Waals surface area contributed by atoms with Crippen molar-refractivity contribution in [3.63, 3.8) is 0 Å². The van der Waals surface area contributed by atoms with Crippen molar-refractivity contribution in [3.8, 4) is 6.07 Å². The second-order valence-corrected chi connectivity index (χ2v) is 6.20.